The Morgan fingerprint density at radius 3 is 2.27 bits per heavy atom. The molecule has 1 heterocycles. The molecule has 1 rings (SSSR count). The van der Waals surface area contributed by atoms with Gasteiger partial charge in [-0.05, 0) is 6.07 Å². The minimum atomic E-state index is -1.04. The number of carboxylic acids is 2. The summed E-state index contributed by atoms with van der Waals surface area (Å²) >= 11 is 0. The van der Waals surface area contributed by atoms with E-state index >= 15 is 0 Å². The molecule has 0 saturated carbocycles. The first-order chi connectivity index (χ1) is 7.09. The molecule has 80 valence electrons. The number of nitrogens with zero attached hydrogens (tertiary/aromatic N) is 2. The predicted octanol–water partition coefficient (Wildman–Crippen LogP) is 0.510. The maximum absolute atomic E-state index is 10.5. The van der Waals surface area contributed by atoms with Gasteiger partial charge < -0.3 is 10.2 Å². The fraction of sp³-hybridized carbons (Fsp3) is 0.333. The molecule has 0 amide bonds. The maximum atomic E-state index is 10.5. The van der Waals surface area contributed by atoms with Gasteiger partial charge in [0.25, 0.3) is 0 Å². The van der Waals surface area contributed by atoms with Crippen LogP contribution in [-0.4, -0.2) is 32.1 Å². The predicted molar refractivity (Wildman–Crippen MR) is 49.3 cm³/mol. The largest absolute Gasteiger partial charge is 0.481 e. The van der Waals surface area contributed by atoms with Crippen LogP contribution in [0.4, 0.5) is 0 Å². The van der Waals surface area contributed by atoms with Gasteiger partial charge in [-0.3, -0.25) is 9.59 Å². The molecule has 0 aromatic carbocycles. The van der Waals surface area contributed by atoms with E-state index in [9.17, 15) is 9.59 Å². The van der Waals surface area contributed by atoms with Gasteiger partial charge in [0, 0.05) is 17.8 Å². The average molecular weight is 210 g/mol. The Bertz CT molecular complexity index is 336. The first-order valence-corrected chi connectivity index (χ1v) is 4.29. The van der Waals surface area contributed by atoms with E-state index in [4.69, 9.17) is 10.2 Å². The van der Waals surface area contributed by atoms with Crippen LogP contribution >= 0.6 is 0 Å². The van der Waals surface area contributed by atoms with Crippen molar-refractivity contribution in [3.05, 3.63) is 24.3 Å². The molecule has 0 radical (unpaired) electrons. The number of aliphatic carboxylic acids is 2. The first-order valence-electron chi connectivity index (χ1n) is 4.29. The second-order valence-corrected chi connectivity index (χ2v) is 3.03. The molecule has 0 fully saturated rings. The van der Waals surface area contributed by atoms with Gasteiger partial charge in [0.05, 0.1) is 12.8 Å². The monoisotopic (exact) mass is 210 g/mol. The first kappa shape index (κ1) is 11.1. The van der Waals surface area contributed by atoms with Crippen molar-refractivity contribution in [2.24, 2.45) is 0 Å². The van der Waals surface area contributed by atoms with Crippen molar-refractivity contribution < 1.29 is 19.8 Å². The highest BCUT2D eigenvalue weighted by Crippen LogP contribution is 2.20. The van der Waals surface area contributed by atoms with E-state index in [0.29, 0.717) is 5.69 Å². The Morgan fingerprint density at radius 2 is 1.87 bits per heavy atom. The van der Waals surface area contributed by atoms with Crippen LogP contribution < -0.4 is 0 Å². The van der Waals surface area contributed by atoms with E-state index in [1.807, 2.05) is 0 Å². The van der Waals surface area contributed by atoms with Crippen molar-refractivity contribution in [1.82, 2.24) is 9.97 Å². The smallest absolute Gasteiger partial charge is 0.304 e. The molecule has 2 N–H and O–H groups in total. The molecule has 0 aliphatic rings. The summed E-state index contributed by atoms with van der Waals surface area (Å²) in [5.41, 5.74) is 0.440. The number of rotatable bonds is 5. The van der Waals surface area contributed by atoms with Crippen molar-refractivity contribution in [3.63, 3.8) is 0 Å². The lowest BCUT2D eigenvalue weighted by Crippen LogP contribution is -2.12. The molecule has 15 heavy (non-hydrogen) atoms. The number of hydrogen-bond donors (Lipinski definition) is 2. The molecule has 1 aromatic heterocycles. The molecule has 6 nitrogen and oxygen atoms in total. The molecule has 1 aromatic rings. The number of hydrogen-bond acceptors (Lipinski definition) is 4. The molecule has 6 heteroatoms. The standard InChI is InChI=1S/C9H10N2O4/c12-8(13)3-6(4-9(14)15)7-1-2-10-5-11-7/h1-2,5-6H,3-4H2,(H,12,13)(H,14,15). The summed E-state index contributed by atoms with van der Waals surface area (Å²) in [5.74, 6) is -2.69. The van der Waals surface area contributed by atoms with Crippen LogP contribution in [-0.2, 0) is 9.59 Å². The Balaban J connectivity index is 2.81. The fourth-order valence-corrected chi connectivity index (χ4v) is 1.25. The van der Waals surface area contributed by atoms with Crippen molar-refractivity contribution in [3.8, 4) is 0 Å². The normalized spacial score (nSPS) is 10.2. The van der Waals surface area contributed by atoms with Gasteiger partial charge in [0.15, 0.2) is 0 Å². The van der Waals surface area contributed by atoms with Crippen molar-refractivity contribution in [1.29, 1.82) is 0 Å². The fourth-order valence-electron chi connectivity index (χ4n) is 1.25. The third-order valence-electron chi connectivity index (χ3n) is 1.87. The molecular formula is C9H10N2O4. The highest BCUT2D eigenvalue weighted by atomic mass is 16.4. The maximum Gasteiger partial charge on any atom is 0.304 e. The summed E-state index contributed by atoms with van der Waals surface area (Å²) in [6, 6.07) is 1.52. The number of aromatic nitrogens is 2. The van der Waals surface area contributed by atoms with Crippen LogP contribution in [0, 0.1) is 0 Å². The van der Waals surface area contributed by atoms with Crippen LogP contribution in [0.2, 0.25) is 0 Å². The Kier molecular flexibility index (Phi) is 3.73. The number of carbonyl (C=O) groups is 2. The minimum Gasteiger partial charge on any atom is -0.481 e. The Labute approximate surface area is 85.6 Å². The second-order valence-electron chi connectivity index (χ2n) is 3.03. The van der Waals surface area contributed by atoms with Crippen LogP contribution in [0.15, 0.2) is 18.6 Å². The van der Waals surface area contributed by atoms with Crippen molar-refractivity contribution in [2.45, 2.75) is 18.8 Å². The molecule has 0 atom stereocenters. The van der Waals surface area contributed by atoms with E-state index in [2.05, 4.69) is 9.97 Å². The van der Waals surface area contributed by atoms with E-state index in [-0.39, 0.29) is 12.8 Å². The summed E-state index contributed by atoms with van der Waals surface area (Å²) in [5, 5.41) is 17.2. The van der Waals surface area contributed by atoms with Gasteiger partial charge in [-0.25, -0.2) is 9.97 Å². The molecule has 0 aliphatic heterocycles. The molecule has 0 spiro atoms. The van der Waals surface area contributed by atoms with E-state index < -0.39 is 17.9 Å². The minimum absolute atomic E-state index is 0.247. The lowest BCUT2D eigenvalue weighted by molar-refractivity contribution is -0.139. The Morgan fingerprint density at radius 1 is 1.27 bits per heavy atom. The molecule has 0 unspecified atom stereocenters. The van der Waals surface area contributed by atoms with Gasteiger partial charge in [0.1, 0.15) is 6.33 Å². The van der Waals surface area contributed by atoms with Crippen molar-refractivity contribution >= 4 is 11.9 Å². The molecular weight excluding hydrogens is 200 g/mol. The zero-order chi connectivity index (χ0) is 11.3. The van der Waals surface area contributed by atoms with Crippen LogP contribution in [0.5, 0.6) is 0 Å². The van der Waals surface area contributed by atoms with Crippen LogP contribution in [0.1, 0.15) is 24.5 Å². The van der Waals surface area contributed by atoms with Crippen LogP contribution in [0.25, 0.3) is 0 Å². The van der Waals surface area contributed by atoms with Gasteiger partial charge >= 0.3 is 11.9 Å². The summed E-state index contributed by atoms with van der Waals surface area (Å²) in [6.45, 7) is 0. The Hall–Kier alpha value is -1.98. The molecule has 0 saturated heterocycles. The summed E-state index contributed by atoms with van der Waals surface area (Å²) in [7, 11) is 0. The average Bonchev–Trinajstić information content (AvgIpc) is 2.17. The SMILES string of the molecule is O=C(O)CC(CC(=O)O)c1ccncn1. The topological polar surface area (TPSA) is 100 Å². The van der Waals surface area contributed by atoms with Crippen molar-refractivity contribution in [2.75, 3.05) is 0 Å². The zero-order valence-corrected chi connectivity index (χ0v) is 7.83. The van der Waals surface area contributed by atoms with E-state index in [0.717, 1.165) is 0 Å². The lowest BCUT2D eigenvalue weighted by Gasteiger charge is -2.10. The highest BCUT2D eigenvalue weighted by Gasteiger charge is 2.19. The second kappa shape index (κ2) is 5.04. The quantitative estimate of drug-likeness (QED) is 0.734. The van der Waals surface area contributed by atoms with Gasteiger partial charge in [-0.1, -0.05) is 0 Å². The third kappa shape index (κ3) is 3.72. The van der Waals surface area contributed by atoms with Gasteiger partial charge in [0.2, 0.25) is 0 Å². The summed E-state index contributed by atoms with van der Waals surface area (Å²) < 4.78 is 0. The van der Waals surface area contributed by atoms with E-state index in [1.165, 1.54) is 18.6 Å². The summed E-state index contributed by atoms with van der Waals surface area (Å²) in [4.78, 5) is 28.6. The number of carboxylic acid groups (broad SMARTS) is 2. The summed E-state index contributed by atoms with van der Waals surface area (Å²) in [6.07, 6.45) is 2.23. The highest BCUT2D eigenvalue weighted by molar-refractivity contribution is 5.72. The van der Waals surface area contributed by atoms with E-state index in [1.54, 1.807) is 0 Å². The van der Waals surface area contributed by atoms with Crippen LogP contribution in [0.3, 0.4) is 0 Å². The third-order valence-corrected chi connectivity index (χ3v) is 1.87. The zero-order valence-electron chi connectivity index (χ0n) is 7.83. The van der Waals surface area contributed by atoms with Gasteiger partial charge in [-0.15, -0.1) is 0 Å². The molecule has 0 bridgehead atoms. The van der Waals surface area contributed by atoms with Gasteiger partial charge in [-0.2, -0.15) is 0 Å². The lowest BCUT2D eigenvalue weighted by atomic mass is 9.97. The molecule has 0 aliphatic carbocycles.